The van der Waals surface area contributed by atoms with Crippen molar-refractivity contribution in [2.75, 3.05) is 49.5 Å². The summed E-state index contributed by atoms with van der Waals surface area (Å²) in [6.45, 7) is 5.90. The molecule has 0 saturated carbocycles. The Hall–Kier alpha value is -3.39. The van der Waals surface area contributed by atoms with Crippen molar-refractivity contribution >= 4 is 29.2 Å². The second kappa shape index (κ2) is 10.5. The largest absolute Gasteiger partial charge is 0.458 e. The predicted molar refractivity (Wildman–Crippen MR) is 124 cm³/mol. The molecule has 8 nitrogen and oxygen atoms in total. The normalized spacial score (nSPS) is 20.9. The average molecular weight is 452 g/mol. The number of hydrogen-bond acceptors (Lipinski definition) is 7. The van der Waals surface area contributed by atoms with E-state index >= 15 is 0 Å². The molecule has 2 aliphatic rings. The fourth-order valence-electron chi connectivity index (χ4n) is 4.27. The third kappa shape index (κ3) is 6.10. The molecule has 0 radical (unpaired) electrons. The highest BCUT2D eigenvalue weighted by Gasteiger charge is 2.37. The molecule has 2 aromatic carbocycles. The van der Waals surface area contributed by atoms with Gasteiger partial charge in [0.25, 0.3) is 0 Å². The smallest absolute Gasteiger partial charge is 0.411 e. The van der Waals surface area contributed by atoms with E-state index < -0.39 is 12.2 Å². The van der Waals surface area contributed by atoms with Gasteiger partial charge in [-0.15, -0.1) is 0 Å². The van der Waals surface area contributed by atoms with E-state index in [4.69, 9.17) is 9.47 Å². The fraction of sp³-hybridized carbons (Fsp3) is 0.400. The van der Waals surface area contributed by atoms with Crippen LogP contribution in [0, 0.1) is 5.92 Å². The average Bonchev–Trinajstić information content (AvgIpc) is 3.18. The van der Waals surface area contributed by atoms with Gasteiger partial charge in [-0.1, -0.05) is 18.2 Å². The number of Topliss-reactive ketones (excluding diaryl/α,β-unsaturated/α-hetero) is 1. The minimum atomic E-state index is -0.622. The van der Waals surface area contributed by atoms with Gasteiger partial charge in [-0.2, -0.15) is 0 Å². The van der Waals surface area contributed by atoms with Gasteiger partial charge in [-0.3, -0.25) is 19.8 Å². The SMILES string of the molecule is CC(=O)c1ccc(NC(=O)OC[C@H]2OC(=O)C[C@@H]2CN2CCN(c3ccccc3)CC2)cc1. The van der Waals surface area contributed by atoms with E-state index in [9.17, 15) is 14.4 Å². The molecule has 0 unspecified atom stereocenters. The minimum absolute atomic E-state index is 0.0107. The second-order valence-corrected chi connectivity index (χ2v) is 8.47. The van der Waals surface area contributed by atoms with Crippen LogP contribution in [-0.4, -0.2) is 68.2 Å². The molecule has 2 saturated heterocycles. The van der Waals surface area contributed by atoms with Gasteiger partial charge in [0.2, 0.25) is 0 Å². The van der Waals surface area contributed by atoms with Gasteiger partial charge in [-0.25, -0.2) is 4.79 Å². The first-order chi connectivity index (χ1) is 16.0. The number of anilines is 2. The Morgan fingerprint density at radius 1 is 1.03 bits per heavy atom. The number of amides is 1. The second-order valence-electron chi connectivity index (χ2n) is 8.47. The van der Waals surface area contributed by atoms with Gasteiger partial charge in [-0.05, 0) is 43.3 Å². The summed E-state index contributed by atoms with van der Waals surface area (Å²) in [5.41, 5.74) is 2.32. The molecule has 2 aromatic rings. The number of piperazine rings is 1. The first kappa shape index (κ1) is 22.8. The van der Waals surface area contributed by atoms with Crippen molar-refractivity contribution in [2.24, 2.45) is 5.92 Å². The molecular formula is C25H29N3O5. The maximum atomic E-state index is 12.2. The molecule has 1 amide bonds. The van der Waals surface area contributed by atoms with Crippen molar-refractivity contribution in [2.45, 2.75) is 19.4 Å². The third-order valence-electron chi connectivity index (χ3n) is 6.14. The van der Waals surface area contributed by atoms with Crippen LogP contribution in [0.5, 0.6) is 0 Å². The number of esters is 1. The van der Waals surface area contributed by atoms with Crippen molar-refractivity contribution in [3.63, 3.8) is 0 Å². The number of hydrogen-bond donors (Lipinski definition) is 1. The highest BCUT2D eigenvalue weighted by molar-refractivity contribution is 5.94. The van der Waals surface area contributed by atoms with E-state index in [-0.39, 0.29) is 24.3 Å². The number of carbonyl (C=O) groups excluding carboxylic acids is 3. The third-order valence-corrected chi connectivity index (χ3v) is 6.14. The summed E-state index contributed by atoms with van der Waals surface area (Å²) in [6, 6.07) is 16.9. The Balaban J connectivity index is 1.23. The van der Waals surface area contributed by atoms with Crippen molar-refractivity contribution in [3.05, 3.63) is 60.2 Å². The molecule has 174 valence electrons. The number of carbonyl (C=O) groups is 3. The Kier molecular flexibility index (Phi) is 7.24. The number of ether oxygens (including phenoxy) is 2. The Labute approximate surface area is 193 Å². The molecule has 0 aromatic heterocycles. The lowest BCUT2D eigenvalue weighted by molar-refractivity contribution is -0.142. The van der Waals surface area contributed by atoms with E-state index in [2.05, 4.69) is 27.2 Å². The standard InChI is InChI=1S/C25H29N3O5/c1-18(29)19-7-9-21(10-8-19)26-25(31)32-17-23-20(15-24(30)33-23)16-27-11-13-28(14-12-27)22-5-3-2-4-6-22/h2-10,20,23H,11-17H2,1H3,(H,26,31)/t20-,23-/m1/s1. The number of para-hydroxylation sites is 1. The number of rotatable bonds is 7. The molecule has 4 rings (SSSR count). The van der Waals surface area contributed by atoms with Gasteiger partial charge in [0.1, 0.15) is 12.7 Å². The molecule has 0 aliphatic carbocycles. The van der Waals surface area contributed by atoms with Crippen molar-refractivity contribution in [1.82, 2.24) is 4.90 Å². The molecule has 2 heterocycles. The van der Waals surface area contributed by atoms with E-state index in [0.29, 0.717) is 17.7 Å². The molecule has 1 N–H and O–H groups in total. The van der Waals surface area contributed by atoms with Crippen LogP contribution in [0.25, 0.3) is 0 Å². The van der Waals surface area contributed by atoms with Crippen LogP contribution in [0.4, 0.5) is 16.2 Å². The lowest BCUT2D eigenvalue weighted by Gasteiger charge is -2.37. The number of benzene rings is 2. The highest BCUT2D eigenvalue weighted by Crippen LogP contribution is 2.25. The summed E-state index contributed by atoms with van der Waals surface area (Å²) >= 11 is 0. The van der Waals surface area contributed by atoms with E-state index in [1.165, 1.54) is 12.6 Å². The van der Waals surface area contributed by atoms with Gasteiger partial charge in [0, 0.05) is 55.6 Å². The Bertz CT molecular complexity index is 971. The monoisotopic (exact) mass is 451 g/mol. The highest BCUT2D eigenvalue weighted by atomic mass is 16.6. The van der Waals surface area contributed by atoms with Gasteiger partial charge >= 0.3 is 12.1 Å². The van der Waals surface area contributed by atoms with Crippen molar-refractivity contribution in [1.29, 1.82) is 0 Å². The molecule has 2 aliphatic heterocycles. The topological polar surface area (TPSA) is 88.2 Å². The van der Waals surface area contributed by atoms with E-state index in [1.54, 1.807) is 24.3 Å². The van der Waals surface area contributed by atoms with E-state index in [1.807, 2.05) is 18.2 Å². The number of nitrogens with one attached hydrogen (secondary N) is 1. The zero-order valence-electron chi connectivity index (χ0n) is 18.7. The molecule has 2 atom stereocenters. The minimum Gasteiger partial charge on any atom is -0.458 e. The lowest BCUT2D eigenvalue weighted by Crippen LogP contribution is -2.48. The summed E-state index contributed by atoms with van der Waals surface area (Å²) in [5.74, 6) is -0.306. The maximum Gasteiger partial charge on any atom is 0.411 e. The summed E-state index contributed by atoms with van der Waals surface area (Å²) in [4.78, 5) is 40.2. The zero-order chi connectivity index (χ0) is 23.2. The van der Waals surface area contributed by atoms with E-state index in [0.717, 1.165) is 32.7 Å². The molecule has 33 heavy (non-hydrogen) atoms. The Morgan fingerprint density at radius 3 is 2.39 bits per heavy atom. The quantitative estimate of drug-likeness (QED) is 0.511. The van der Waals surface area contributed by atoms with Crippen LogP contribution in [0.3, 0.4) is 0 Å². The number of ketones is 1. The van der Waals surface area contributed by atoms with Gasteiger partial charge in [0.05, 0.1) is 6.42 Å². The summed E-state index contributed by atoms with van der Waals surface area (Å²) in [7, 11) is 0. The van der Waals surface area contributed by atoms with Crippen LogP contribution in [-0.2, 0) is 14.3 Å². The first-order valence-electron chi connectivity index (χ1n) is 11.2. The molecular weight excluding hydrogens is 422 g/mol. The van der Waals surface area contributed by atoms with Gasteiger partial charge < -0.3 is 14.4 Å². The van der Waals surface area contributed by atoms with Crippen molar-refractivity contribution < 1.29 is 23.9 Å². The summed E-state index contributed by atoms with van der Waals surface area (Å²) in [5, 5.41) is 2.63. The van der Waals surface area contributed by atoms with Crippen molar-refractivity contribution in [3.8, 4) is 0 Å². The molecule has 2 fully saturated rings. The lowest BCUT2D eigenvalue weighted by atomic mass is 10.0. The van der Waals surface area contributed by atoms with Crippen LogP contribution < -0.4 is 10.2 Å². The molecule has 0 spiro atoms. The maximum absolute atomic E-state index is 12.2. The summed E-state index contributed by atoms with van der Waals surface area (Å²) in [6.07, 6.45) is -0.736. The fourth-order valence-corrected chi connectivity index (χ4v) is 4.27. The molecule has 0 bridgehead atoms. The molecule has 8 heteroatoms. The predicted octanol–water partition coefficient (Wildman–Crippen LogP) is 3.19. The van der Waals surface area contributed by atoms with Crippen LogP contribution in [0.1, 0.15) is 23.7 Å². The van der Waals surface area contributed by atoms with Crippen LogP contribution in [0.2, 0.25) is 0 Å². The van der Waals surface area contributed by atoms with Gasteiger partial charge in [0.15, 0.2) is 5.78 Å². The number of cyclic esters (lactones) is 1. The first-order valence-corrected chi connectivity index (χ1v) is 11.2. The number of nitrogens with zero attached hydrogens (tertiary/aromatic N) is 2. The van der Waals surface area contributed by atoms with Crippen LogP contribution >= 0.6 is 0 Å². The zero-order valence-corrected chi connectivity index (χ0v) is 18.7. The van der Waals surface area contributed by atoms with Crippen LogP contribution in [0.15, 0.2) is 54.6 Å². The summed E-state index contributed by atoms with van der Waals surface area (Å²) < 4.78 is 10.8. The Morgan fingerprint density at radius 2 is 1.73 bits per heavy atom.